The molecule has 2 aromatic heterocycles. The SMILES string of the molecule is C[C@H](OC(=O)Cn1ccccc1=O)C(=O)Nc1sc2c(c1C(N)=O)CCC2. The van der Waals surface area contributed by atoms with Crippen LogP contribution in [0.3, 0.4) is 0 Å². The van der Waals surface area contributed by atoms with Crippen LogP contribution in [-0.2, 0) is 33.7 Å². The fourth-order valence-electron chi connectivity index (χ4n) is 2.98. The van der Waals surface area contributed by atoms with Crippen molar-refractivity contribution < 1.29 is 19.1 Å². The number of carbonyl (C=O) groups is 3. The second-order valence-electron chi connectivity index (χ2n) is 6.21. The molecule has 0 radical (unpaired) electrons. The number of esters is 1. The maximum atomic E-state index is 12.4. The first kappa shape index (κ1) is 18.8. The van der Waals surface area contributed by atoms with Crippen LogP contribution in [0.2, 0.25) is 0 Å². The van der Waals surface area contributed by atoms with Crippen molar-refractivity contribution in [3.63, 3.8) is 0 Å². The number of rotatable bonds is 6. The van der Waals surface area contributed by atoms with Crippen molar-refractivity contribution in [2.45, 2.75) is 38.8 Å². The summed E-state index contributed by atoms with van der Waals surface area (Å²) in [7, 11) is 0. The van der Waals surface area contributed by atoms with Crippen LogP contribution in [0.1, 0.15) is 34.1 Å². The van der Waals surface area contributed by atoms with Crippen LogP contribution in [0, 0.1) is 0 Å². The smallest absolute Gasteiger partial charge is 0.326 e. The zero-order valence-electron chi connectivity index (χ0n) is 14.7. The van der Waals surface area contributed by atoms with E-state index >= 15 is 0 Å². The van der Waals surface area contributed by atoms with Crippen molar-refractivity contribution >= 4 is 34.1 Å². The summed E-state index contributed by atoms with van der Waals surface area (Å²) >= 11 is 1.33. The number of nitrogens with two attached hydrogens (primary N) is 1. The first-order chi connectivity index (χ1) is 12.9. The molecule has 0 unspecified atom stereocenters. The van der Waals surface area contributed by atoms with Crippen LogP contribution >= 0.6 is 11.3 Å². The first-order valence-electron chi connectivity index (χ1n) is 8.47. The number of carbonyl (C=O) groups excluding carboxylic acids is 3. The Morgan fingerprint density at radius 2 is 2.11 bits per heavy atom. The number of hydrogen-bond donors (Lipinski definition) is 2. The van der Waals surface area contributed by atoms with Gasteiger partial charge in [-0.05, 0) is 37.8 Å². The summed E-state index contributed by atoms with van der Waals surface area (Å²) in [5, 5.41) is 3.02. The summed E-state index contributed by atoms with van der Waals surface area (Å²) < 4.78 is 6.28. The van der Waals surface area contributed by atoms with E-state index in [1.54, 1.807) is 12.1 Å². The molecular weight excluding hydrogens is 370 g/mol. The number of pyridine rings is 1. The van der Waals surface area contributed by atoms with Gasteiger partial charge in [-0.15, -0.1) is 11.3 Å². The Morgan fingerprint density at radius 1 is 1.33 bits per heavy atom. The molecule has 0 saturated heterocycles. The largest absolute Gasteiger partial charge is 0.451 e. The van der Waals surface area contributed by atoms with Gasteiger partial charge in [0.15, 0.2) is 6.10 Å². The molecule has 27 heavy (non-hydrogen) atoms. The van der Waals surface area contributed by atoms with Gasteiger partial charge in [-0.1, -0.05) is 6.07 Å². The molecule has 0 fully saturated rings. The lowest BCUT2D eigenvalue weighted by Crippen LogP contribution is -2.33. The van der Waals surface area contributed by atoms with Gasteiger partial charge in [0.2, 0.25) is 0 Å². The molecule has 1 aliphatic rings. The highest BCUT2D eigenvalue weighted by atomic mass is 32.1. The number of amides is 2. The zero-order chi connectivity index (χ0) is 19.6. The molecular formula is C18H19N3O5S. The lowest BCUT2D eigenvalue weighted by Gasteiger charge is -2.14. The summed E-state index contributed by atoms with van der Waals surface area (Å²) in [5.74, 6) is -1.86. The molecule has 0 spiro atoms. The van der Waals surface area contributed by atoms with E-state index < -0.39 is 23.9 Å². The molecule has 1 atom stereocenters. The third-order valence-electron chi connectivity index (χ3n) is 4.28. The quantitative estimate of drug-likeness (QED) is 0.716. The topological polar surface area (TPSA) is 120 Å². The monoisotopic (exact) mass is 389 g/mol. The van der Waals surface area contributed by atoms with Gasteiger partial charge in [0.1, 0.15) is 11.5 Å². The predicted molar refractivity (Wildman–Crippen MR) is 99.7 cm³/mol. The fourth-order valence-corrected chi connectivity index (χ4v) is 4.28. The first-order valence-corrected chi connectivity index (χ1v) is 9.28. The van der Waals surface area contributed by atoms with Gasteiger partial charge >= 0.3 is 5.97 Å². The lowest BCUT2D eigenvalue weighted by molar-refractivity contribution is -0.153. The second-order valence-corrected chi connectivity index (χ2v) is 7.32. The summed E-state index contributed by atoms with van der Waals surface area (Å²) in [5.41, 5.74) is 6.36. The Morgan fingerprint density at radius 3 is 2.81 bits per heavy atom. The number of ether oxygens (including phenoxy) is 1. The minimum atomic E-state index is -1.09. The van der Waals surface area contributed by atoms with Crippen molar-refractivity contribution in [2.75, 3.05) is 5.32 Å². The van der Waals surface area contributed by atoms with Gasteiger partial charge in [0.05, 0.1) is 5.56 Å². The predicted octanol–water partition coefficient (Wildman–Crippen LogP) is 1.07. The van der Waals surface area contributed by atoms with Crippen molar-refractivity contribution in [3.05, 3.63) is 50.8 Å². The van der Waals surface area contributed by atoms with Crippen LogP contribution in [0.4, 0.5) is 5.00 Å². The Labute approximate surface area is 158 Å². The Hall–Kier alpha value is -2.94. The molecule has 8 nitrogen and oxygen atoms in total. The molecule has 0 saturated carbocycles. The average molecular weight is 389 g/mol. The fraction of sp³-hybridized carbons (Fsp3) is 0.333. The Kier molecular flexibility index (Phi) is 5.41. The van der Waals surface area contributed by atoms with Crippen molar-refractivity contribution in [2.24, 2.45) is 5.73 Å². The highest BCUT2D eigenvalue weighted by molar-refractivity contribution is 7.17. The third kappa shape index (κ3) is 4.08. The average Bonchev–Trinajstić information content (AvgIpc) is 3.16. The summed E-state index contributed by atoms with van der Waals surface area (Å²) in [6.07, 6.45) is 2.95. The highest BCUT2D eigenvalue weighted by Crippen LogP contribution is 2.38. The number of primary amides is 1. The van der Waals surface area contributed by atoms with Gasteiger partial charge < -0.3 is 20.4 Å². The molecule has 2 aromatic rings. The third-order valence-corrected chi connectivity index (χ3v) is 5.49. The highest BCUT2D eigenvalue weighted by Gasteiger charge is 2.27. The van der Waals surface area contributed by atoms with Crippen LogP contribution in [-0.4, -0.2) is 28.5 Å². The molecule has 0 bridgehead atoms. The standard InChI is InChI=1S/C18H19N3O5S/c1-10(26-14(23)9-21-8-3-2-7-13(21)22)17(25)20-18-15(16(19)24)11-5-4-6-12(11)27-18/h2-3,7-8,10H,4-6,9H2,1H3,(H2,19,24)(H,20,25)/t10-/m0/s1. The molecule has 1 aliphatic carbocycles. The zero-order valence-corrected chi connectivity index (χ0v) is 15.5. The molecule has 2 heterocycles. The number of fused-ring (bicyclic) bond motifs is 1. The summed E-state index contributed by atoms with van der Waals surface area (Å²) in [4.78, 5) is 48.8. The molecule has 9 heteroatoms. The molecule has 3 rings (SSSR count). The molecule has 2 amide bonds. The number of anilines is 1. The van der Waals surface area contributed by atoms with E-state index in [4.69, 9.17) is 10.5 Å². The van der Waals surface area contributed by atoms with Crippen LogP contribution in [0.5, 0.6) is 0 Å². The van der Waals surface area contributed by atoms with E-state index in [-0.39, 0.29) is 12.1 Å². The van der Waals surface area contributed by atoms with Crippen molar-refractivity contribution in [1.82, 2.24) is 4.57 Å². The number of hydrogen-bond acceptors (Lipinski definition) is 6. The van der Waals surface area contributed by atoms with Crippen LogP contribution in [0.25, 0.3) is 0 Å². The summed E-state index contributed by atoms with van der Waals surface area (Å²) in [6, 6.07) is 4.51. The number of aromatic nitrogens is 1. The van der Waals surface area contributed by atoms with E-state index in [1.165, 1.54) is 35.1 Å². The van der Waals surface area contributed by atoms with Gasteiger partial charge in [0, 0.05) is 17.1 Å². The van der Waals surface area contributed by atoms with Gasteiger partial charge in [-0.25, -0.2) is 0 Å². The number of aryl methyl sites for hydroxylation is 1. The van der Waals surface area contributed by atoms with Crippen molar-refractivity contribution in [3.8, 4) is 0 Å². The Balaban J connectivity index is 1.65. The van der Waals surface area contributed by atoms with Gasteiger partial charge in [-0.3, -0.25) is 19.2 Å². The minimum Gasteiger partial charge on any atom is -0.451 e. The van der Waals surface area contributed by atoms with Gasteiger partial charge in [0.25, 0.3) is 17.4 Å². The van der Waals surface area contributed by atoms with Crippen LogP contribution in [0.15, 0.2) is 29.2 Å². The second kappa shape index (κ2) is 7.75. The van der Waals surface area contributed by atoms with E-state index in [9.17, 15) is 19.2 Å². The van der Waals surface area contributed by atoms with Crippen molar-refractivity contribution in [1.29, 1.82) is 0 Å². The summed E-state index contributed by atoms with van der Waals surface area (Å²) in [6.45, 7) is 1.13. The molecule has 3 N–H and O–H groups in total. The van der Waals surface area contributed by atoms with E-state index in [2.05, 4.69) is 5.32 Å². The maximum absolute atomic E-state index is 12.4. The van der Waals surface area contributed by atoms with Gasteiger partial charge in [-0.2, -0.15) is 0 Å². The number of nitrogens with zero attached hydrogens (tertiary/aromatic N) is 1. The van der Waals surface area contributed by atoms with E-state index in [0.29, 0.717) is 10.6 Å². The molecule has 0 aromatic carbocycles. The maximum Gasteiger partial charge on any atom is 0.326 e. The normalized spacial score (nSPS) is 13.7. The minimum absolute atomic E-state index is 0.295. The van der Waals surface area contributed by atoms with Crippen LogP contribution < -0.4 is 16.6 Å². The molecule has 0 aliphatic heterocycles. The lowest BCUT2D eigenvalue weighted by atomic mass is 10.1. The van der Waals surface area contributed by atoms with E-state index in [1.807, 2.05) is 0 Å². The number of nitrogens with one attached hydrogen (secondary N) is 1. The Bertz CT molecular complexity index is 962. The molecule has 142 valence electrons. The van der Waals surface area contributed by atoms with E-state index in [0.717, 1.165) is 29.7 Å². The number of thiophene rings is 1.